The first-order valence-corrected chi connectivity index (χ1v) is 18.2. The van der Waals surface area contributed by atoms with Gasteiger partial charge in [0.25, 0.3) is 0 Å². The van der Waals surface area contributed by atoms with Gasteiger partial charge in [-0.2, -0.15) is 0 Å². The Bertz CT molecular complexity index is 1190. The summed E-state index contributed by atoms with van der Waals surface area (Å²) in [5.74, 6) is -1.10. The molecule has 0 radical (unpaired) electrons. The van der Waals surface area contributed by atoms with Crippen LogP contribution in [0.1, 0.15) is 23.5 Å². The molecule has 0 spiro atoms. The third-order valence-electron chi connectivity index (χ3n) is 7.66. The highest BCUT2D eigenvalue weighted by molar-refractivity contribution is 5.79. The smallest absolute Gasteiger partial charge is 0.407 e. The highest BCUT2D eigenvalue weighted by Crippen LogP contribution is 2.44. The number of carboxylic acid groups (broad SMARTS) is 1. The fraction of sp³-hybridized carbons (Fsp3) is 0.632. The van der Waals surface area contributed by atoms with E-state index in [4.69, 9.17) is 52.1 Å². The molecule has 0 bridgehead atoms. The second-order valence-corrected chi connectivity index (χ2v) is 11.5. The van der Waals surface area contributed by atoms with Crippen LogP contribution >= 0.6 is 0 Å². The van der Waals surface area contributed by atoms with Crippen LogP contribution in [0.25, 0.3) is 11.1 Å². The van der Waals surface area contributed by atoms with Crippen LogP contribution in [0.5, 0.6) is 0 Å². The maximum absolute atomic E-state index is 12.2. The molecule has 0 atom stereocenters. The molecule has 0 aliphatic heterocycles. The summed E-state index contributed by atoms with van der Waals surface area (Å²) in [6.07, 6.45) is -0.577. The number of benzene rings is 2. The first-order valence-electron chi connectivity index (χ1n) is 18.2. The minimum atomic E-state index is -1.13. The Morgan fingerprint density at radius 3 is 1.15 bits per heavy atom. The normalized spacial score (nSPS) is 12.2. The Morgan fingerprint density at radius 2 is 0.792 bits per heavy atom. The Balaban J connectivity index is 0.955. The van der Waals surface area contributed by atoms with Gasteiger partial charge in [-0.25, -0.2) is 4.79 Å². The molecule has 298 valence electrons. The molecule has 0 aromatic heterocycles. The number of alkyl carbamates (subject to hydrolysis) is 1. The molecule has 3 rings (SSSR count). The third kappa shape index (κ3) is 20.7. The van der Waals surface area contributed by atoms with Crippen molar-refractivity contribution < 1.29 is 66.8 Å². The second kappa shape index (κ2) is 30.1. The lowest BCUT2D eigenvalue weighted by Crippen LogP contribution is -2.29. The van der Waals surface area contributed by atoms with Gasteiger partial charge in [-0.15, -0.1) is 0 Å². The van der Waals surface area contributed by atoms with E-state index in [2.05, 4.69) is 29.6 Å². The standard InChI is InChI=1S/C38H57NO14/c40-37(41)9-11-43-13-15-45-17-19-47-21-23-49-25-27-51-29-30-52-28-26-50-24-22-48-20-18-46-16-14-44-12-10-39-38(42)53-31-36-34-7-3-1-5-32(34)33-6-2-4-8-35(33)36/h1-8,36H,9-31H2,(H,39,42)(H,40,41)/p-1. The lowest BCUT2D eigenvalue weighted by molar-refractivity contribution is -0.306. The maximum atomic E-state index is 12.2. The van der Waals surface area contributed by atoms with Gasteiger partial charge in [0.2, 0.25) is 0 Å². The van der Waals surface area contributed by atoms with Gasteiger partial charge in [-0.3, -0.25) is 0 Å². The molecule has 1 N–H and O–H groups in total. The van der Waals surface area contributed by atoms with Gasteiger partial charge in [0.1, 0.15) is 6.61 Å². The zero-order chi connectivity index (χ0) is 37.4. The zero-order valence-corrected chi connectivity index (χ0v) is 30.7. The summed E-state index contributed by atoms with van der Waals surface area (Å²) >= 11 is 0. The molecule has 0 unspecified atom stereocenters. The number of fused-ring (bicyclic) bond motifs is 3. The maximum Gasteiger partial charge on any atom is 0.407 e. The van der Waals surface area contributed by atoms with Gasteiger partial charge in [-0.1, -0.05) is 48.5 Å². The van der Waals surface area contributed by atoms with Crippen molar-refractivity contribution in [1.29, 1.82) is 0 Å². The summed E-state index contributed by atoms with van der Waals surface area (Å²) in [4.78, 5) is 22.5. The van der Waals surface area contributed by atoms with Crippen molar-refractivity contribution in [3.8, 4) is 11.1 Å². The number of rotatable bonds is 35. The molecule has 0 fully saturated rings. The summed E-state index contributed by atoms with van der Waals surface area (Å²) in [5, 5.41) is 13.0. The molecule has 1 aliphatic rings. The topological polar surface area (TPSA) is 171 Å². The van der Waals surface area contributed by atoms with E-state index in [9.17, 15) is 14.7 Å². The molecule has 0 saturated heterocycles. The predicted octanol–water partition coefficient (Wildman–Crippen LogP) is 1.83. The van der Waals surface area contributed by atoms with E-state index < -0.39 is 12.1 Å². The fourth-order valence-electron chi connectivity index (χ4n) is 5.11. The Morgan fingerprint density at radius 1 is 0.472 bits per heavy atom. The highest BCUT2D eigenvalue weighted by atomic mass is 16.6. The van der Waals surface area contributed by atoms with Crippen LogP contribution in [-0.4, -0.2) is 157 Å². The summed E-state index contributed by atoms with van der Waals surface area (Å²) in [6.45, 7) is 9.15. The lowest BCUT2D eigenvalue weighted by Gasteiger charge is -2.14. The molecule has 53 heavy (non-hydrogen) atoms. The lowest BCUT2D eigenvalue weighted by atomic mass is 9.98. The van der Waals surface area contributed by atoms with E-state index in [1.54, 1.807) is 0 Å². The first-order chi connectivity index (χ1) is 26.2. The number of nitrogens with one attached hydrogen (secondary N) is 1. The number of hydrogen-bond acceptors (Lipinski definition) is 14. The Kier molecular flexibility index (Phi) is 25.1. The van der Waals surface area contributed by atoms with Crippen molar-refractivity contribution in [2.24, 2.45) is 0 Å². The SMILES string of the molecule is O=C([O-])CCOCCOCCOCCOCCOCCOCCOCCOCCOCCOCCNC(=O)OCC1c2ccccc2-c2ccccc21. The van der Waals surface area contributed by atoms with Gasteiger partial charge >= 0.3 is 6.09 Å². The molecule has 0 heterocycles. The summed E-state index contributed by atoms with van der Waals surface area (Å²) in [7, 11) is 0. The van der Waals surface area contributed by atoms with Crippen LogP contribution in [0.2, 0.25) is 0 Å². The van der Waals surface area contributed by atoms with E-state index in [0.717, 1.165) is 0 Å². The second-order valence-electron chi connectivity index (χ2n) is 11.5. The van der Waals surface area contributed by atoms with Crippen LogP contribution < -0.4 is 10.4 Å². The number of amides is 1. The van der Waals surface area contributed by atoms with Gasteiger partial charge < -0.3 is 67.3 Å². The molecule has 1 aliphatic carbocycles. The zero-order valence-electron chi connectivity index (χ0n) is 30.7. The molecular weight excluding hydrogens is 694 g/mol. The fourth-order valence-corrected chi connectivity index (χ4v) is 5.11. The number of carboxylic acids is 1. The molecule has 2 aromatic rings. The number of ether oxygens (including phenoxy) is 11. The van der Waals surface area contributed by atoms with Crippen molar-refractivity contribution in [2.45, 2.75) is 12.3 Å². The van der Waals surface area contributed by atoms with E-state index in [1.165, 1.54) is 22.3 Å². The van der Waals surface area contributed by atoms with E-state index >= 15 is 0 Å². The summed E-state index contributed by atoms with van der Waals surface area (Å²) in [6, 6.07) is 16.5. The average Bonchev–Trinajstić information content (AvgIpc) is 3.49. The average molecular weight is 751 g/mol. The molecule has 15 nitrogen and oxygen atoms in total. The van der Waals surface area contributed by atoms with Crippen molar-refractivity contribution in [3.63, 3.8) is 0 Å². The predicted molar refractivity (Wildman–Crippen MR) is 191 cm³/mol. The largest absolute Gasteiger partial charge is 0.550 e. The van der Waals surface area contributed by atoms with Crippen LogP contribution in [0.15, 0.2) is 48.5 Å². The van der Waals surface area contributed by atoms with Crippen LogP contribution in [0.3, 0.4) is 0 Å². The monoisotopic (exact) mass is 750 g/mol. The number of aliphatic carboxylic acids is 1. The summed E-state index contributed by atoms with van der Waals surface area (Å²) < 4.78 is 59.7. The number of hydrogen-bond donors (Lipinski definition) is 1. The van der Waals surface area contributed by atoms with E-state index in [-0.39, 0.29) is 25.6 Å². The van der Waals surface area contributed by atoms with Crippen molar-refractivity contribution in [1.82, 2.24) is 5.32 Å². The highest BCUT2D eigenvalue weighted by Gasteiger charge is 2.28. The Labute approximate surface area is 312 Å². The van der Waals surface area contributed by atoms with Crippen molar-refractivity contribution >= 4 is 12.1 Å². The van der Waals surface area contributed by atoms with Gasteiger partial charge in [0.05, 0.1) is 132 Å². The first kappa shape index (κ1) is 44.2. The van der Waals surface area contributed by atoms with E-state index in [0.29, 0.717) is 132 Å². The van der Waals surface area contributed by atoms with Crippen LogP contribution in [0, 0.1) is 0 Å². The van der Waals surface area contributed by atoms with Gasteiger partial charge in [-0.05, 0) is 22.3 Å². The van der Waals surface area contributed by atoms with Gasteiger partial charge in [0, 0.05) is 24.9 Å². The molecule has 2 aromatic carbocycles. The molecule has 15 heteroatoms. The molecule has 0 saturated carbocycles. The third-order valence-corrected chi connectivity index (χ3v) is 7.66. The van der Waals surface area contributed by atoms with Crippen molar-refractivity contribution in [3.05, 3.63) is 59.7 Å². The number of carbonyl (C=O) groups is 2. The Hall–Kier alpha value is -3.22. The van der Waals surface area contributed by atoms with Crippen LogP contribution in [0.4, 0.5) is 4.79 Å². The minimum Gasteiger partial charge on any atom is -0.550 e. The molecule has 1 amide bonds. The minimum absolute atomic E-state index is 0.0318. The van der Waals surface area contributed by atoms with E-state index in [1.807, 2.05) is 24.3 Å². The molecular formula is C38H56NO14-. The van der Waals surface area contributed by atoms with Crippen molar-refractivity contribution in [2.75, 3.05) is 145 Å². The number of carbonyl (C=O) groups excluding carboxylic acids is 2. The van der Waals surface area contributed by atoms with Crippen LogP contribution in [-0.2, 0) is 56.9 Å². The van der Waals surface area contributed by atoms with Gasteiger partial charge in [0.15, 0.2) is 0 Å². The quantitative estimate of drug-likeness (QED) is 0.101. The summed E-state index contributed by atoms with van der Waals surface area (Å²) in [5.41, 5.74) is 4.75.